The number of tetrazole rings is 1. The number of nitrogens with zero attached hydrogens (tertiary/aromatic N) is 7. The number of thiazole rings is 1. The molecule has 33 heavy (non-hydrogen) atoms. The number of aryl methyl sites for hydroxylation is 2. The normalized spacial score (nSPS) is 20.4. The molecule has 13 nitrogen and oxygen atoms in total. The molecule has 2 aliphatic rings. The Hall–Kier alpha value is -2.98. The number of nitrogens with one attached hydrogen (secondary N) is 1. The van der Waals surface area contributed by atoms with Crippen molar-refractivity contribution in [2.45, 2.75) is 23.5 Å². The summed E-state index contributed by atoms with van der Waals surface area (Å²) < 4.78 is 1.48. The van der Waals surface area contributed by atoms with E-state index in [1.807, 2.05) is 0 Å². The molecule has 1 saturated heterocycles. The largest absolute Gasteiger partial charge is 0.477 e. The molecule has 0 spiro atoms. The lowest BCUT2D eigenvalue weighted by molar-refractivity contribution is -0.150. The highest BCUT2D eigenvalue weighted by Crippen LogP contribution is 2.41. The fraction of sp³-hybridized carbons (Fsp3) is 0.412. The predicted molar refractivity (Wildman–Crippen MR) is 120 cm³/mol. The highest BCUT2D eigenvalue weighted by atomic mass is 32.2. The first-order chi connectivity index (χ1) is 15.8. The number of carboxylic acids is 1. The van der Waals surface area contributed by atoms with Gasteiger partial charge in [-0.15, -0.1) is 28.2 Å². The molecular weight excluding hydrogens is 492 g/mol. The summed E-state index contributed by atoms with van der Waals surface area (Å²) in [7, 11) is 2.99. The van der Waals surface area contributed by atoms with Crippen LogP contribution < -0.4 is 5.32 Å². The molecule has 0 radical (unpaired) electrons. The van der Waals surface area contributed by atoms with Crippen molar-refractivity contribution in [3.63, 3.8) is 0 Å². The molecule has 1 unspecified atom stereocenters. The molecule has 174 valence electrons. The topological polar surface area (TPSA) is 165 Å². The number of fused-ring (bicyclic) bond motifs is 1. The Balaban J connectivity index is 1.49. The van der Waals surface area contributed by atoms with Crippen LogP contribution in [0.15, 0.2) is 27.0 Å². The Morgan fingerprint density at radius 3 is 2.85 bits per heavy atom. The van der Waals surface area contributed by atoms with Gasteiger partial charge in [-0.25, -0.2) is 14.5 Å². The molecule has 2 aliphatic heterocycles. The zero-order chi connectivity index (χ0) is 23.7. The highest BCUT2D eigenvalue weighted by Gasteiger charge is 2.54. The number of amides is 2. The Morgan fingerprint density at radius 1 is 1.45 bits per heavy atom. The van der Waals surface area contributed by atoms with Gasteiger partial charge < -0.3 is 15.3 Å². The molecule has 16 heteroatoms. The maximum absolute atomic E-state index is 12.9. The number of carbonyl (C=O) groups excluding carboxylic acids is 2. The molecule has 4 rings (SSSR count). The minimum atomic E-state index is -1.20. The van der Waals surface area contributed by atoms with Crippen molar-refractivity contribution in [3.05, 3.63) is 27.4 Å². The Kier molecular flexibility index (Phi) is 6.66. The minimum Gasteiger partial charge on any atom is -0.477 e. The van der Waals surface area contributed by atoms with E-state index in [1.54, 1.807) is 19.4 Å². The van der Waals surface area contributed by atoms with Crippen molar-refractivity contribution in [2.75, 3.05) is 18.6 Å². The fourth-order valence-corrected chi connectivity index (χ4v) is 6.20. The number of oxime groups is 1. The molecule has 2 N–H and O–H groups in total. The summed E-state index contributed by atoms with van der Waals surface area (Å²) in [6.07, 6.45) is 0. The standard InChI is InChI=1S/C17H18N8O5S3/c1-7-18-9(6-31-7)10(21-30-3)13(26)19-11-14(27)25-12(16(28)29)8(4-32-15(11)25)5-33-17-20-22-23-24(17)2/h6,11,15H,4-5H2,1-3H3,(H,19,26)(H,28,29)/b21-10+/t11?,15-/m1/s1. The van der Waals surface area contributed by atoms with E-state index in [-0.39, 0.29) is 11.4 Å². The van der Waals surface area contributed by atoms with Gasteiger partial charge in [-0.05, 0) is 22.9 Å². The van der Waals surface area contributed by atoms with Crippen LogP contribution in [0.3, 0.4) is 0 Å². The van der Waals surface area contributed by atoms with Crippen molar-refractivity contribution in [1.82, 2.24) is 35.4 Å². The van der Waals surface area contributed by atoms with Gasteiger partial charge in [-0.3, -0.25) is 14.5 Å². The summed E-state index contributed by atoms with van der Waals surface area (Å²) in [5.74, 6) is -1.65. The summed E-state index contributed by atoms with van der Waals surface area (Å²) in [6.45, 7) is 1.79. The number of aromatic nitrogens is 5. The summed E-state index contributed by atoms with van der Waals surface area (Å²) in [4.78, 5) is 47.9. The van der Waals surface area contributed by atoms with Crippen molar-refractivity contribution in [2.24, 2.45) is 12.2 Å². The molecule has 2 atom stereocenters. The quantitative estimate of drug-likeness (QED) is 0.210. The molecular formula is C17H18N8O5S3. The predicted octanol–water partition coefficient (Wildman–Crippen LogP) is -0.144. The van der Waals surface area contributed by atoms with Crippen LogP contribution >= 0.6 is 34.9 Å². The smallest absolute Gasteiger partial charge is 0.352 e. The Labute approximate surface area is 199 Å². The Morgan fingerprint density at radius 2 is 2.24 bits per heavy atom. The van der Waals surface area contributed by atoms with Gasteiger partial charge in [-0.2, -0.15) is 0 Å². The lowest BCUT2D eigenvalue weighted by atomic mass is 10.0. The maximum Gasteiger partial charge on any atom is 0.352 e. The summed E-state index contributed by atoms with van der Waals surface area (Å²) >= 11 is 4.00. The van der Waals surface area contributed by atoms with Crippen molar-refractivity contribution < 1.29 is 24.3 Å². The summed E-state index contributed by atoms with van der Waals surface area (Å²) in [6, 6.07) is -0.893. The van der Waals surface area contributed by atoms with Crippen LogP contribution in [0.2, 0.25) is 0 Å². The van der Waals surface area contributed by atoms with Crippen molar-refractivity contribution >= 4 is 58.4 Å². The number of β-lactam (4-membered cyclic amide) rings is 1. The number of carbonyl (C=O) groups is 3. The molecule has 2 amide bonds. The van der Waals surface area contributed by atoms with Crippen LogP contribution in [0.5, 0.6) is 0 Å². The molecule has 0 aromatic carbocycles. The minimum absolute atomic E-state index is 0.0581. The Bertz CT molecular complexity index is 1180. The molecule has 4 heterocycles. The first-order valence-corrected chi connectivity index (χ1v) is 12.3. The molecule has 0 aliphatic carbocycles. The number of aliphatic carboxylic acids is 1. The van der Waals surface area contributed by atoms with E-state index in [2.05, 4.69) is 31.0 Å². The summed E-state index contributed by atoms with van der Waals surface area (Å²) in [5.41, 5.74) is 0.782. The van der Waals surface area contributed by atoms with E-state index in [9.17, 15) is 19.5 Å². The second kappa shape index (κ2) is 9.48. The number of thioether (sulfide) groups is 2. The van der Waals surface area contributed by atoms with Crippen molar-refractivity contribution in [1.29, 1.82) is 0 Å². The van der Waals surface area contributed by atoms with Gasteiger partial charge in [0.2, 0.25) is 5.16 Å². The molecule has 0 saturated carbocycles. The lowest BCUT2D eigenvalue weighted by Crippen LogP contribution is -2.71. The van der Waals surface area contributed by atoms with Crippen LogP contribution in [0.1, 0.15) is 10.7 Å². The third kappa shape index (κ3) is 4.45. The second-order valence-electron chi connectivity index (χ2n) is 6.87. The molecule has 0 bridgehead atoms. The van der Waals surface area contributed by atoms with Crippen LogP contribution in [-0.2, 0) is 26.3 Å². The van der Waals surface area contributed by atoms with Crippen LogP contribution in [0.25, 0.3) is 0 Å². The number of hydrogen-bond acceptors (Lipinski definition) is 12. The van der Waals surface area contributed by atoms with Gasteiger partial charge >= 0.3 is 5.97 Å². The van der Waals surface area contributed by atoms with Gasteiger partial charge in [0.15, 0.2) is 5.71 Å². The van der Waals surface area contributed by atoms with E-state index < -0.39 is 29.2 Å². The third-order valence-corrected chi connectivity index (χ3v) is 7.96. The van der Waals surface area contributed by atoms with Crippen molar-refractivity contribution in [3.8, 4) is 0 Å². The highest BCUT2D eigenvalue weighted by molar-refractivity contribution is 8.01. The van der Waals surface area contributed by atoms with Gasteiger partial charge in [0.25, 0.3) is 11.8 Å². The number of carboxylic acid groups (broad SMARTS) is 1. The maximum atomic E-state index is 12.9. The fourth-order valence-electron chi connectivity index (χ4n) is 3.27. The lowest BCUT2D eigenvalue weighted by Gasteiger charge is -2.49. The van der Waals surface area contributed by atoms with Crippen LogP contribution in [0.4, 0.5) is 0 Å². The first-order valence-electron chi connectivity index (χ1n) is 9.41. The average molecular weight is 511 g/mol. The molecule has 2 aromatic rings. The number of hydrogen-bond donors (Lipinski definition) is 2. The average Bonchev–Trinajstić information content (AvgIpc) is 3.40. The SMILES string of the molecule is CO/N=C(/C(=O)NC1C(=O)N2C(C(=O)O)=C(CSc3nnnn3C)CS[C@H]12)c1csc(C)n1. The van der Waals surface area contributed by atoms with Gasteiger partial charge in [0, 0.05) is 23.9 Å². The van der Waals surface area contributed by atoms with Gasteiger partial charge in [0.1, 0.15) is 29.9 Å². The monoisotopic (exact) mass is 510 g/mol. The zero-order valence-electron chi connectivity index (χ0n) is 17.6. The van der Waals surface area contributed by atoms with E-state index in [4.69, 9.17) is 4.84 Å². The molecule has 1 fully saturated rings. The van der Waals surface area contributed by atoms with Crippen LogP contribution in [0, 0.1) is 6.92 Å². The summed E-state index contributed by atoms with van der Waals surface area (Å²) in [5, 5.41) is 29.8. The van der Waals surface area contributed by atoms with E-state index >= 15 is 0 Å². The zero-order valence-corrected chi connectivity index (χ0v) is 20.0. The van der Waals surface area contributed by atoms with Gasteiger partial charge in [0.05, 0.1) is 5.01 Å². The molecule has 2 aromatic heterocycles. The van der Waals surface area contributed by atoms with E-state index in [1.165, 1.54) is 51.6 Å². The van der Waals surface area contributed by atoms with Gasteiger partial charge in [-0.1, -0.05) is 16.9 Å². The number of rotatable bonds is 8. The second-order valence-corrected chi connectivity index (χ2v) is 9.98. The van der Waals surface area contributed by atoms with E-state index in [0.717, 1.165) is 5.01 Å². The van der Waals surface area contributed by atoms with E-state index in [0.29, 0.717) is 27.9 Å². The van der Waals surface area contributed by atoms with Crippen LogP contribution in [-0.4, -0.2) is 88.7 Å². The first kappa shape index (κ1) is 23.2. The third-order valence-electron chi connectivity index (χ3n) is 4.75.